The quantitative estimate of drug-likeness (QED) is 0.711. The molecule has 2 aromatic carbocycles. The lowest BCUT2D eigenvalue weighted by Gasteiger charge is -2.25. The summed E-state index contributed by atoms with van der Waals surface area (Å²) in [5, 5.41) is 2.40. The Labute approximate surface area is 169 Å². The Kier molecular flexibility index (Phi) is 6.74. The number of halogens is 1. The van der Waals surface area contributed by atoms with Crippen molar-refractivity contribution in [3.05, 3.63) is 54.3 Å². The smallest absolute Gasteiger partial charge is 0.243 e. The van der Waals surface area contributed by atoms with E-state index < -0.39 is 10.0 Å². The minimum atomic E-state index is -3.48. The molecular weight excluding hydrogens is 399 g/mol. The molecule has 1 aliphatic rings. The number of hydrogen-bond donors (Lipinski definition) is 1. The van der Waals surface area contributed by atoms with Gasteiger partial charge in [0.15, 0.2) is 0 Å². The molecule has 0 aromatic heterocycles. The van der Waals surface area contributed by atoms with Crippen molar-refractivity contribution < 1.29 is 17.6 Å². The summed E-state index contributed by atoms with van der Waals surface area (Å²) in [4.78, 5) is 13.4. The number of sulfonamides is 1. The second-order valence-electron chi connectivity index (χ2n) is 6.69. The van der Waals surface area contributed by atoms with Crippen molar-refractivity contribution in [3.8, 4) is 0 Å². The highest BCUT2D eigenvalue weighted by molar-refractivity contribution is 8.00. The molecular formula is C20H23FN2O3S2. The SMILES string of the molecule is CC(Sc1ccc(F)cc1)C(=O)Nc1ccc(S(=O)(=O)N2CCCCC2)cc1. The first-order valence-corrected chi connectivity index (χ1v) is 11.5. The van der Waals surface area contributed by atoms with E-state index >= 15 is 0 Å². The molecule has 0 radical (unpaired) electrons. The molecule has 2 aromatic rings. The van der Waals surface area contributed by atoms with E-state index in [0.29, 0.717) is 18.8 Å². The first kappa shape index (κ1) is 20.8. The lowest BCUT2D eigenvalue weighted by molar-refractivity contribution is -0.115. The van der Waals surface area contributed by atoms with Gasteiger partial charge in [0.2, 0.25) is 15.9 Å². The van der Waals surface area contributed by atoms with Crippen LogP contribution in [0, 0.1) is 5.82 Å². The molecule has 1 unspecified atom stereocenters. The van der Waals surface area contributed by atoms with E-state index in [4.69, 9.17) is 0 Å². The molecule has 1 heterocycles. The van der Waals surface area contributed by atoms with Crippen LogP contribution in [0.4, 0.5) is 10.1 Å². The summed E-state index contributed by atoms with van der Waals surface area (Å²) in [5.74, 6) is -0.526. The zero-order chi connectivity index (χ0) is 20.1. The van der Waals surface area contributed by atoms with Crippen molar-refractivity contribution in [3.63, 3.8) is 0 Å². The zero-order valence-electron chi connectivity index (χ0n) is 15.6. The maximum atomic E-state index is 13.0. The highest BCUT2D eigenvalue weighted by Crippen LogP contribution is 2.25. The third-order valence-electron chi connectivity index (χ3n) is 4.57. The number of hydrogen-bond acceptors (Lipinski definition) is 4. The molecule has 28 heavy (non-hydrogen) atoms. The van der Waals surface area contributed by atoms with Gasteiger partial charge >= 0.3 is 0 Å². The molecule has 1 atom stereocenters. The second kappa shape index (κ2) is 9.07. The number of benzene rings is 2. The summed E-state index contributed by atoms with van der Waals surface area (Å²) in [5.41, 5.74) is 0.536. The molecule has 8 heteroatoms. The Morgan fingerprint density at radius 1 is 1.04 bits per heavy atom. The number of piperidine rings is 1. The van der Waals surface area contributed by atoms with Crippen LogP contribution >= 0.6 is 11.8 Å². The molecule has 0 spiro atoms. The normalized spacial score (nSPS) is 16.5. The van der Waals surface area contributed by atoms with Gasteiger partial charge in [-0.1, -0.05) is 6.42 Å². The van der Waals surface area contributed by atoms with Gasteiger partial charge in [-0.15, -0.1) is 11.8 Å². The van der Waals surface area contributed by atoms with Gasteiger partial charge < -0.3 is 5.32 Å². The number of carbonyl (C=O) groups excluding carboxylic acids is 1. The summed E-state index contributed by atoms with van der Waals surface area (Å²) in [6.07, 6.45) is 2.83. The van der Waals surface area contributed by atoms with Gasteiger partial charge in [0.25, 0.3) is 0 Å². The number of anilines is 1. The molecule has 1 N–H and O–H groups in total. The van der Waals surface area contributed by atoms with Crippen LogP contribution in [0.1, 0.15) is 26.2 Å². The van der Waals surface area contributed by atoms with E-state index in [9.17, 15) is 17.6 Å². The van der Waals surface area contributed by atoms with Gasteiger partial charge in [0.1, 0.15) is 5.82 Å². The van der Waals surface area contributed by atoms with Crippen LogP contribution in [0.2, 0.25) is 0 Å². The van der Waals surface area contributed by atoms with Crippen LogP contribution < -0.4 is 5.32 Å². The highest BCUT2D eigenvalue weighted by Gasteiger charge is 2.25. The van der Waals surface area contributed by atoms with Gasteiger partial charge in [0, 0.05) is 23.7 Å². The third kappa shape index (κ3) is 5.12. The minimum absolute atomic E-state index is 0.207. The predicted octanol–water partition coefficient (Wildman–Crippen LogP) is 4.12. The molecule has 5 nitrogen and oxygen atoms in total. The summed E-state index contributed by atoms with van der Waals surface area (Å²) >= 11 is 1.32. The van der Waals surface area contributed by atoms with E-state index in [1.165, 1.54) is 40.3 Å². The van der Waals surface area contributed by atoms with E-state index in [-0.39, 0.29) is 21.9 Å². The van der Waals surface area contributed by atoms with Crippen molar-refractivity contribution in [1.82, 2.24) is 4.31 Å². The standard InChI is InChI=1S/C20H23FN2O3S2/c1-15(27-18-9-5-16(21)6-10-18)20(24)22-17-7-11-19(12-8-17)28(25,26)23-13-3-2-4-14-23/h5-12,15H,2-4,13-14H2,1H3,(H,22,24). The van der Waals surface area contributed by atoms with Gasteiger partial charge in [-0.3, -0.25) is 4.79 Å². The van der Waals surface area contributed by atoms with Crippen LogP contribution in [0.25, 0.3) is 0 Å². The molecule has 150 valence electrons. The third-order valence-corrected chi connectivity index (χ3v) is 7.60. The van der Waals surface area contributed by atoms with Crippen molar-refractivity contribution in [2.75, 3.05) is 18.4 Å². The van der Waals surface area contributed by atoms with Gasteiger partial charge in [-0.25, -0.2) is 12.8 Å². The van der Waals surface area contributed by atoms with Crippen LogP contribution in [0.15, 0.2) is 58.3 Å². The lowest BCUT2D eigenvalue weighted by Crippen LogP contribution is -2.35. The first-order valence-electron chi connectivity index (χ1n) is 9.19. The van der Waals surface area contributed by atoms with E-state index in [1.807, 2.05) is 0 Å². The fourth-order valence-corrected chi connectivity index (χ4v) is 5.36. The van der Waals surface area contributed by atoms with Crippen LogP contribution in [0.5, 0.6) is 0 Å². The Morgan fingerprint density at radius 3 is 2.25 bits per heavy atom. The van der Waals surface area contributed by atoms with E-state index in [1.54, 1.807) is 31.2 Å². The lowest BCUT2D eigenvalue weighted by atomic mass is 10.2. The maximum Gasteiger partial charge on any atom is 0.243 e. The van der Waals surface area contributed by atoms with Crippen LogP contribution in [-0.4, -0.2) is 37.0 Å². The average molecular weight is 423 g/mol. The summed E-state index contributed by atoms with van der Waals surface area (Å²) in [7, 11) is -3.48. The molecule has 1 saturated heterocycles. The number of thioether (sulfide) groups is 1. The molecule has 0 saturated carbocycles. The van der Waals surface area contributed by atoms with Crippen molar-refractivity contribution in [2.45, 2.75) is 41.2 Å². The summed E-state index contributed by atoms with van der Waals surface area (Å²) < 4.78 is 39.8. The second-order valence-corrected chi connectivity index (χ2v) is 10.0. The number of rotatable bonds is 6. The molecule has 1 aliphatic heterocycles. The molecule has 1 amide bonds. The monoisotopic (exact) mass is 422 g/mol. The molecule has 3 rings (SSSR count). The molecule has 0 bridgehead atoms. The largest absolute Gasteiger partial charge is 0.325 e. The maximum absolute atomic E-state index is 13.0. The van der Waals surface area contributed by atoms with Crippen LogP contribution in [0.3, 0.4) is 0 Å². The minimum Gasteiger partial charge on any atom is -0.325 e. The average Bonchev–Trinajstić information content (AvgIpc) is 2.70. The summed E-state index contributed by atoms with van der Waals surface area (Å²) in [6.45, 7) is 2.87. The molecule has 0 aliphatic carbocycles. The Hall–Kier alpha value is -1.90. The predicted molar refractivity (Wildman–Crippen MR) is 109 cm³/mol. The Morgan fingerprint density at radius 2 is 1.64 bits per heavy atom. The van der Waals surface area contributed by atoms with Crippen LogP contribution in [-0.2, 0) is 14.8 Å². The number of nitrogens with zero attached hydrogens (tertiary/aromatic N) is 1. The fourth-order valence-electron chi connectivity index (χ4n) is 2.98. The molecule has 1 fully saturated rings. The topological polar surface area (TPSA) is 66.5 Å². The van der Waals surface area contributed by atoms with Gasteiger partial charge in [-0.05, 0) is 68.3 Å². The fraction of sp³-hybridized carbons (Fsp3) is 0.350. The Balaban J connectivity index is 1.61. The number of nitrogens with one attached hydrogen (secondary N) is 1. The number of carbonyl (C=O) groups is 1. The van der Waals surface area contributed by atoms with Crippen molar-refractivity contribution in [2.24, 2.45) is 0 Å². The van der Waals surface area contributed by atoms with Crippen molar-refractivity contribution in [1.29, 1.82) is 0 Å². The zero-order valence-corrected chi connectivity index (χ0v) is 17.2. The number of amides is 1. The van der Waals surface area contributed by atoms with Gasteiger partial charge in [-0.2, -0.15) is 4.31 Å². The first-order chi connectivity index (χ1) is 13.4. The Bertz CT molecular complexity index is 909. The van der Waals surface area contributed by atoms with Gasteiger partial charge in [0.05, 0.1) is 10.1 Å². The van der Waals surface area contributed by atoms with Crippen molar-refractivity contribution >= 4 is 33.4 Å². The highest BCUT2D eigenvalue weighted by atomic mass is 32.2. The summed E-state index contributed by atoms with van der Waals surface area (Å²) in [6, 6.07) is 12.2. The van der Waals surface area contributed by atoms with E-state index in [0.717, 1.165) is 24.2 Å². The van der Waals surface area contributed by atoms with E-state index in [2.05, 4.69) is 5.32 Å².